The second kappa shape index (κ2) is 5.48. The third kappa shape index (κ3) is 2.88. The van der Waals surface area contributed by atoms with E-state index in [1.165, 1.54) is 16.9 Å². The molecule has 122 valence electrons. The average Bonchev–Trinajstić information content (AvgIpc) is 2.78. The van der Waals surface area contributed by atoms with Crippen LogP contribution in [0, 0.1) is 6.92 Å². The fraction of sp³-hybridized carbons (Fsp3) is 0.400. The number of phenolic OH excluding ortho intramolecular Hbond substituents is 1. The van der Waals surface area contributed by atoms with Gasteiger partial charge in [0.05, 0.1) is 18.0 Å². The molecular weight excluding hydrogens is 284 g/mol. The maximum Gasteiger partial charge on any atom is 0.124 e. The standard InChI is InChI=1S/C20H26N2O/c1-14-10-15(19(23)16(11-14)20(2,3)4)12-22-13-21(5)17-8-6-7-9-18(17)22/h6-11,23H,12-13H2,1-5H3. The van der Waals surface area contributed by atoms with Crippen LogP contribution < -0.4 is 9.80 Å². The minimum Gasteiger partial charge on any atom is -0.507 e. The molecule has 3 heteroatoms. The van der Waals surface area contributed by atoms with Crippen LogP contribution in [0.5, 0.6) is 5.75 Å². The summed E-state index contributed by atoms with van der Waals surface area (Å²) < 4.78 is 0. The average molecular weight is 310 g/mol. The highest BCUT2D eigenvalue weighted by molar-refractivity contribution is 5.76. The van der Waals surface area contributed by atoms with Crippen LogP contribution in [0.1, 0.15) is 37.5 Å². The summed E-state index contributed by atoms with van der Waals surface area (Å²) in [5.41, 5.74) is 5.63. The molecule has 0 saturated carbocycles. The molecular formula is C20H26N2O. The Balaban J connectivity index is 1.97. The maximum atomic E-state index is 10.8. The quantitative estimate of drug-likeness (QED) is 0.890. The van der Waals surface area contributed by atoms with Gasteiger partial charge in [0, 0.05) is 19.2 Å². The number of nitrogens with zero attached hydrogens (tertiary/aromatic N) is 2. The Morgan fingerprint density at radius 3 is 2.39 bits per heavy atom. The van der Waals surface area contributed by atoms with Crippen LogP contribution in [0.3, 0.4) is 0 Å². The van der Waals surface area contributed by atoms with E-state index in [4.69, 9.17) is 0 Å². The summed E-state index contributed by atoms with van der Waals surface area (Å²) in [6.07, 6.45) is 0. The van der Waals surface area contributed by atoms with Gasteiger partial charge in [-0.25, -0.2) is 0 Å². The van der Waals surface area contributed by atoms with Crippen LogP contribution in [0.15, 0.2) is 36.4 Å². The summed E-state index contributed by atoms with van der Waals surface area (Å²) in [4.78, 5) is 4.56. The van der Waals surface area contributed by atoms with Gasteiger partial charge in [0.15, 0.2) is 0 Å². The molecule has 0 unspecified atom stereocenters. The lowest BCUT2D eigenvalue weighted by Gasteiger charge is -2.25. The summed E-state index contributed by atoms with van der Waals surface area (Å²) in [5, 5.41) is 10.8. The summed E-state index contributed by atoms with van der Waals surface area (Å²) in [6, 6.07) is 12.6. The Morgan fingerprint density at radius 1 is 1.09 bits per heavy atom. The number of phenols is 1. The molecule has 1 aliphatic rings. The summed E-state index contributed by atoms with van der Waals surface area (Å²) in [5.74, 6) is 0.440. The first-order valence-corrected chi connectivity index (χ1v) is 8.15. The second-order valence-electron chi connectivity index (χ2n) is 7.60. The Labute approximate surface area is 139 Å². The Kier molecular flexibility index (Phi) is 3.75. The molecule has 1 aliphatic heterocycles. The fourth-order valence-corrected chi connectivity index (χ4v) is 3.35. The minimum absolute atomic E-state index is 0.0649. The highest BCUT2D eigenvalue weighted by Gasteiger charge is 2.25. The van der Waals surface area contributed by atoms with Crippen molar-refractivity contribution >= 4 is 11.4 Å². The van der Waals surface area contributed by atoms with E-state index in [1.807, 2.05) is 0 Å². The molecule has 0 atom stereocenters. The van der Waals surface area contributed by atoms with Gasteiger partial charge in [-0.15, -0.1) is 0 Å². The van der Waals surface area contributed by atoms with Gasteiger partial charge in [-0.05, 0) is 30.0 Å². The van der Waals surface area contributed by atoms with E-state index < -0.39 is 0 Å². The van der Waals surface area contributed by atoms with Crippen molar-refractivity contribution < 1.29 is 5.11 Å². The van der Waals surface area contributed by atoms with Crippen LogP contribution in [-0.2, 0) is 12.0 Å². The third-order valence-electron chi connectivity index (χ3n) is 4.52. The van der Waals surface area contributed by atoms with Gasteiger partial charge in [0.2, 0.25) is 0 Å². The van der Waals surface area contributed by atoms with Gasteiger partial charge < -0.3 is 14.9 Å². The molecule has 1 heterocycles. The molecule has 0 fully saturated rings. The normalized spacial score (nSPS) is 14.3. The van der Waals surface area contributed by atoms with E-state index in [9.17, 15) is 5.11 Å². The Morgan fingerprint density at radius 2 is 1.74 bits per heavy atom. The van der Waals surface area contributed by atoms with E-state index in [0.717, 1.165) is 24.3 Å². The number of hydrogen-bond acceptors (Lipinski definition) is 3. The van der Waals surface area contributed by atoms with E-state index in [1.54, 1.807) is 0 Å². The van der Waals surface area contributed by atoms with Crippen LogP contribution >= 0.6 is 0 Å². The number of anilines is 2. The molecule has 0 aliphatic carbocycles. The van der Waals surface area contributed by atoms with Crippen molar-refractivity contribution in [3.05, 3.63) is 53.1 Å². The molecule has 3 rings (SSSR count). The number of hydrogen-bond donors (Lipinski definition) is 1. The number of aromatic hydroxyl groups is 1. The lowest BCUT2D eigenvalue weighted by Crippen LogP contribution is -2.27. The molecule has 23 heavy (non-hydrogen) atoms. The number of rotatable bonds is 2. The second-order valence-corrected chi connectivity index (χ2v) is 7.60. The molecule has 0 bridgehead atoms. The van der Waals surface area contributed by atoms with E-state index in [0.29, 0.717) is 5.75 Å². The van der Waals surface area contributed by atoms with Gasteiger partial charge >= 0.3 is 0 Å². The predicted molar refractivity (Wildman–Crippen MR) is 97.4 cm³/mol. The molecule has 0 amide bonds. The molecule has 0 saturated heterocycles. The van der Waals surface area contributed by atoms with E-state index >= 15 is 0 Å². The summed E-state index contributed by atoms with van der Waals surface area (Å²) in [6.45, 7) is 10.1. The van der Waals surface area contributed by atoms with Gasteiger partial charge in [0.25, 0.3) is 0 Å². The summed E-state index contributed by atoms with van der Waals surface area (Å²) in [7, 11) is 2.11. The molecule has 1 N–H and O–H groups in total. The lowest BCUT2D eigenvalue weighted by molar-refractivity contribution is 0.439. The van der Waals surface area contributed by atoms with Crippen LogP contribution in [0.4, 0.5) is 11.4 Å². The van der Waals surface area contributed by atoms with Crippen LogP contribution in [-0.4, -0.2) is 18.8 Å². The molecule has 0 radical (unpaired) electrons. The first-order valence-electron chi connectivity index (χ1n) is 8.15. The van der Waals surface area contributed by atoms with Crippen molar-refractivity contribution in [2.45, 2.75) is 39.7 Å². The monoisotopic (exact) mass is 310 g/mol. The SMILES string of the molecule is Cc1cc(CN2CN(C)c3ccccc32)c(O)c(C(C)(C)C)c1. The van der Waals surface area contributed by atoms with Crippen LogP contribution in [0.2, 0.25) is 0 Å². The number of para-hydroxylation sites is 2. The molecule has 2 aromatic rings. The fourth-order valence-electron chi connectivity index (χ4n) is 3.35. The highest BCUT2D eigenvalue weighted by Crippen LogP contribution is 2.39. The van der Waals surface area contributed by atoms with E-state index in [-0.39, 0.29) is 5.41 Å². The largest absolute Gasteiger partial charge is 0.507 e. The third-order valence-corrected chi connectivity index (χ3v) is 4.52. The zero-order chi connectivity index (χ0) is 16.8. The van der Waals surface area contributed by atoms with Gasteiger partial charge in [0.1, 0.15) is 5.75 Å². The van der Waals surface area contributed by atoms with Crippen molar-refractivity contribution in [2.75, 3.05) is 23.5 Å². The molecule has 2 aromatic carbocycles. The van der Waals surface area contributed by atoms with Crippen molar-refractivity contribution in [1.29, 1.82) is 0 Å². The maximum absolute atomic E-state index is 10.8. The summed E-state index contributed by atoms with van der Waals surface area (Å²) >= 11 is 0. The topological polar surface area (TPSA) is 26.7 Å². The first kappa shape index (κ1) is 15.7. The molecule has 0 spiro atoms. The Bertz CT molecular complexity index is 731. The van der Waals surface area contributed by atoms with Gasteiger partial charge in [-0.2, -0.15) is 0 Å². The van der Waals surface area contributed by atoms with E-state index in [2.05, 4.69) is 80.9 Å². The number of fused-ring (bicyclic) bond motifs is 1. The first-order chi connectivity index (χ1) is 10.8. The molecule has 0 aromatic heterocycles. The predicted octanol–water partition coefficient (Wildman–Crippen LogP) is 4.41. The van der Waals surface area contributed by atoms with Crippen LogP contribution in [0.25, 0.3) is 0 Å². The smallest absolute Gasteiger partial charge is 0.124 e. The minimum atomic E-state index is -0.0649. The Hall–Kier alpha value is -2.16. The van der Waals surface area contributed by atoms with Crippen molar-refractivity contribution in [2.24, 2.45) is 0 Å². The van der Waals surface area contributed by atoms with Crippen molar-refractivity contribution in [1.82, 2.24) is 0 Å². The highest BCUT2D eigenvalue weighted by atomic mass is 16.3. The zero-order valence-corrected chi connectivity index (χ0v) is 14.7. The van der Waals surface area contributed by atoms with Crippen molar-refractivity contribution in [3.63, 3.8) is 0 Å². The molecule has 3 nitrogen and oxygen atoms in total. The van der Waals surface area contributed by atoms with Gasteiger partial charge in [-0.3, -0.25) is 0 Å². The zero-order valence-electron chi connectivity index (χ0n) is 14.7. The number of benzene rings is 2. The lowest BCUT2D eigenvalue weighted by atomic mass is 9.84. The number of aryl methyl sites for hydroxylation is 1. The van der Waals surface area contributed by atoms with Gasteiger partial charge in [-0.1, -0.05) is 50.6 Å². The van der Waals surface area contributed by atoms with Crippen molar-refractivity contribution in [3.8, 4) is 5.75 Å².